The lowest BCUT2D eigenvalue weighted by molar-refractivity contribution is -0.113. The van der Waals surface area contributed by atoms with Crippen LogP contribution in [0.2, 0.25) is 5.02 Å². The summed E-state index contributed by atoms with van der Waals surface area (Å²) in [6, 6.07) is 5.69. The molecule has 1 heterocycles. The second-order valence-electron chi connectivity index (χ2n) is 4.71. The molecule has 0 aromatic heterocycles. The number of benzene rings is 1. The van der Waals surface area contributed by atoms with Gasteiger partial charge in [-0.2, -0.15) is 0 Å². The van der Waals surface area contributed by atoms with Crippen molar-refractivity contribution < 1.29 is 4.79 Å². The Hall–Kier alpha value is -0.670. The van der Waals surface area contributed by atoms with Crippen LogP contribution in [-0.2, 0) is 4.79 Å². The van der Waals surface area contributed by atoms with Gasteiger partial charge in [0.2, 0.25) is 5.91 Å². The standard InChI is InChI=1S/C13H16ClNOS/c1-8(2)5-12-10-6-9(14)3-4-11(10)15-13(16)7-17-12/h3-4,6,8,12H,5,7H2,1-2H3,(H,15,16). The lowest BCUT2D eigenvalue weighted by atomic mass is 10.0. The van der Waals surface area contributed by atoms with Crippen LogP contribution in [0.4, 0.5) is 5.69 Å². The van der Waals surface area contributed by atoms with E-state index in [-0.39, 0.29) is 5.91 Å². The Balaban J connectivity index is 2.36. The van der Waals surface area contributed by atoms with Gasteiger partial charge in [0.1, 0.15) is 0 Å². The van der Waals surface area contributed by atoms with E-state index in [1.807, 2.05) is 18.2 Å². The maximum Gasteiger partial charge on any atom is 0.234 e. The van der Waals surface area contributed by atoms with Crippen LogP contribution in [0.25, 0.3) is 0 Å². The van der Waals surface area contributed by atoms with Crippen molar-refractivity contribution in [2.24, 2.45) is 5.92 Å². The predicted octanol–water partition coefficient (Wildman–Crippen LogP) is 4.11. The number of hydrogen-bond donors (Lipinski definition) is 1. The lowest BCUT2D eigenvalue weighted by Crippen LogP contribution is -2.12. The molecule has 1 N–H and O–H groups in total. The molecule has 0 fully saturated rings. The van der Waals surface area contributed by atoms with Crippen molar-refractivity contribution in [3.8, 4) is 0 Å². The van der Waals surface area contributed by atoms with Crippen LogP contribution < -0.4 is 5.32 Å². The molecule has 92 valence electrons. The summed E-state index contributed by atoms with van der Waals surface area (Å²) in [5, 5.41) is 4.01. The SMILES string of the molecule is CC(C)CC1SCC(=O)Nc2ccc(Cl)cc21. The Morgan fingerprint density at radius 2 is 2.29 bits per heavy atom. The van der Waals surface area contributed by atoms with E-state index in [4.69, 9.17) is 11.6 Å². The highest BCUT2D eigenvalue weighted by Crippen LogP contribution is 2.41. The van der Waals surface area contributed by atoms with Gasteiger partial charge in [-0.3, -0.25) is 4.79 Å². The number of fused-ring (bicyclic) bond motifs is 1. The minimum absolute atomic E-state index is 0.0739. The zero-order valence-electron chi connectivity index (χ0n) is 10.00. The van der Waals surface area contributed by atoms with Crippen LogP contribution >= 0.6 is 23.4 Å². The quantitative estimate of drug-likeness (QED) is 0.875. The van der Waals surface area contributed by atoms with Crippen LogP contribution in [0.3, 0.4) is 0 Å². The van der Waals surface area contributed by atoms with E-state index in [1.165, 1.54) is 0 Å². The molecule has 1 unspecified atom stereocenters. The molecule has 17 heavy (non-hydrogen) atoms. The van der Waals surface area contributed by atoms with E-state index in [0.29, 0.717) is 16.9 Å². The minimum atomic E-state index is 0.0739. The maximum atomic E-state index is 11.6. The number of amides is 1. The molecule has 1 amide bonds. The first-order valence-electron chi connectivity index (χ1n) is 5.77. The van der Waals surface area contributed by atoms with Crippen molar-refractivity contribution in [3.63, 3.8) is 0 Å². The number of rotatable bonds is 2. The topological polar surface area (TPSA) is 29.1 Å². The van der Waals surface area contributed by atoms with E-state index in [0.717, 1.165) is 22.7 Å². The number of thioether (sulfide) groups is 1. The van der Waals surface area contributed by atoms with E-state index in [1.54, 1.807) is 11.8 Å². The molecule has 1 aliphatic rings. The van der Waals surface area contributed by atoms with Gasteiger partial charge in [0, 0.05) is 16.0 Å². The number of carbonyl (C=O) groups is 1. The fourth-order valence-corrected chi connectivity index (χ4v) is 3.49. The average Bonchev–Trinajstić information content (AvgIpc) is 2.39. The molecule has 0 spiro atoms. The normalized spacial score (nSPS) is 19.8. The van der Waals surface area contributed by atoms with Crippen molar-refractivity contribution in [1.82, 2.24) is 0 Å². The fourth-order valence-electron chi connectivity index (χ4n) is 1.99. The summed E-state index contributed by atoms with van der Waals surface area (Å²) in [6.07, 6.45) is 1.06. The fraction of sp³-hybridized carbons (Fsp3) is 0.462. The van der Waals surface area contributed by atoms with Crippen molar-refractivity contribution in [1.29, 1.82) is 0 Å². The molecular weight excluding hydrogens is 254 g/mol. The molecule has 0 aliphatic carbocycles. The van der Waals surface area contributed by atoms with E-state index < -0.39 is 0 Å². The van der Waals surface area contributed by atoms with Gasteiger partial charge in [-0.25, -0.2) is 0 Å². The van der Waals surface area contributed by atoms with Crippen molar-refractivity contribution in [2.75, 3.05) is 11.1 Å². The van der Waals surface area contributed by atoms with Crippen LogP contribution in [0.5, 0.6) is 0 Å². The molecule has 0 bridgehead atoms. The Labute approximate surface area is 111 Å². The minimum Gasteiger partial charge on any atom is -0.325 e. The summed E-state index contributed by atoms with van der Waals surface area (Å²) >= 11 is 7.75. The third-order valence-corrected chi connectivity index (χ3v) is 4.25. The zero-order valence-corrected chi connectivity index (χ0v) is 11.6. The molecule has 2 nitrogen and oxygen atoms in total. The van der Waals surface area contributed by atoms with Gasteiger partial charge in [0.25, 0.3) is 0 Å². The number of halogens is 1. The summed E-state index contributed by atoms with van der Waals surface area (Å²) in [4.78, 5) is 11.6. The molecule has 1 aromatic rings. The number of anilines is 1. The van der Waals surface area contributed by atoms with Crippen molar-refractivity contribution in [2.45, 2.75) is 25.5 Å². The van der Waals surface area contributed by atoms with Gasteiger partial charge in [-0.05, 0) is 36.1 Å². The van der Waals surface area contributed by atoms with Gasteiger partial charge in [-0.15, -0.1) is 11.8 Å². The van der Waals surface area contributed by atoms with E-state index >= 15 is 0 Å². The van der Waals surface area contributed by atoms with E-state index in [2.05, 4.69) is 19.2 Å². The Kier molecular flexibility index (Phi) is 4.00. The summed E-state index contributed by atoms with van der Waals surface area (Å²) in [6.45, 7) is 4.40. The van der Waals surface area contributed by atoms with Gasteiger partial charge < -0.3 is 5.32 Å². The highest BCUT2D eigenvalue weighted by molar-refractivity contribution is 8.00. The first-order chi connectivity index (χ1) is 8.06. The number of carbonyl (C=O) groups excluding carboxylic acids is 1. The second-order valence-corrected chi connectivity index (χ2v) is 6.34. The molecule has 1 atom stereocenters. The van der Waals surface area contributed by atoms with Crippen molar-refractivity contribution in [3.05, 3.63) is 28.8 Å². The molecule has 1 aromatic carbocycles. The average molecular weight is 270 g/mol. The lowest BCUT2D eigenvalue weighted by Gasteiger charge is -2.18. The first-order valence-corrected chi connectivity index (χ1v) is 7.20. The van der Waals surface area contributed by atoms with Gasteiger partial charge >= 0.3 is 0 Å². The predicted molar refractivity (Wildman–Crippen MR) is 74.7 cm³/mol. The molecule has 0 radical (unpaired) electrons. The molecular formula is C13H16ClNOS. The molecule has 2 rings (SSSR count). The third-order valence-electron chi connectivity index (χ3n) is 2.74. The second kappa shape index (κ2) is 5.32. The summed E-state index contributed by atoms with van der Waals surface area (Å²) < 4.78 is 0. The molecule has 4 heteroatoms. The number of hydrogen-bond acceptors (Lipinski definition) is 2. The molecule has 1 aliphatic heterocycles. The summed E-state index contributed by atoms with van der Waals surface area (Å²) in [7, 11) is 0. The zero-order chi connectivity index (χ0) is 12.4. The summed E-state index contributed by atoms with van der Waals surface area (Å²) in [5.74, 6) is 1.20. The Morgan fingerprint density at radius 3 is 3.00 bits per heavy atom. The smallest absolute Gasteiger partial charge is 0.234 e. The number of nitrogens with one attached hydrogen (secondary N) is 1. The van der Waals surface area contributed by atoms with E-state index in [9.17, 15) is 4.79 Å². The Morgan fingerprint density at radius 1 is 1.53 bits per heavy atom. The van der Waals surface area contributed by atoms with Crippen LogP contribution in [-0.4, -0.2) is 11.7 Å². The third kappa shape index (κ3) is 3.17. The first kappa shape index (κ1) is 12.8. The van der Waals surface area contributed by atoms with Crippen LogP contribution in [0.15, 0.2) is 18.2 Å². The maximum absolute atomic E-state index is 11.6. The largest absolute Gasteiger partial charge is 0.325 e. The highest BCUT2D eigenvalue weighted by atomic mass is 35.5. The summed E-state index contributed by atoms with van der Waals surface area (Å²) in [5.41, 5.74) is 2.07. The van der Waals surface area contributed by atoms with Crippen LogP contribution in [0, 0.1) is 5.92 Å². The Bertz CT molecular complexity index is 433. The van der Waals surface area contributed by atoms with Gasteiger partial charge in [0.15, 0.2) is 0 Å². The van der Waals surface area contributed by atoms with Gasteiger partial charge in [-0.1, -0.05) is 25.4 Å². The van der Waals surface area contributed by atoms with Crippen LogP contribution in [0.1, 0.15) is 31.1 Å². The molecule has 0 saturated carbocycles. The van der Waals surface area contributed by atoms with Crippen molar-refractivity contribution >= 4 is 35.0 Å². The van der Waals surface area contributed by atoms with Gasteiger partial charge in [0.05, 0.1) is 5.75 Å². The highest BCUT2D eigenvalue weighted by Gasteiger charge is 2.23. The monoisotopic (exact) mass is 269 g/mol. The molecule has 0 saturated heterocycles.